The molecular weight excluding hydrogens is 660 g/mol. The molecule has 0 aliphatic carbocycles. The number of nitrogens with two attached hydrogens (primary N) is 1. The molecule has 11 nitrogen and oxygen atoms in total. The van der Waals surface area contributed by atoms with Crippen LogP contribution in [0.25, 0.3) is 0 Å². The zero-order valence-electron chi connectivity index (χ0n) is 30.6. The first kappa shape index (κ1) is 38.9. The number of aliphatic hydroxyl groups is 1. The minimum absolute atomic E-state index is 0.0315. The second kappa shape index (κ2) is 18.5. The predicted molar refractivity (Wildman–Crippen MR) is 201 cm³/mol. The first-order valence-electron chi connectivity index (χ1n) is 18.5. The average molecular weight is 715 g/mol. The number of hydrogen-bond acceptors (Lipinski definition) is 9. The van der Waals surface area contributed by atoms with Gasteiger partial charge in [0.1, 0.15) is 11.6 Å². The third kappa shape index (κ3) is 11.6. The van der Waals surface area contributed by atoms with E-state index in [1.54, 1.807) is 12.1 Å². The van der Waals surface area contributed by atoms with Gasteiger partial charge in [0.2, 0.25) is 11.8 Å². The Kier molecular flexibility index (Phi) is 13.8. The van der Waals surface area contributed by atoms with Crippen molar-refractivity contribution in [1.82, 2.24) is 4.90 Å². The second-order valence-electron chi connectivity index (χ2n) is 14.8. The highest BCUT2D eigenvalue weighted by Gasteiger charge is 2.39. The van der Waals surface area contributed by atoms with Crippen LogP contribution in [0.2, 0.25) is 0 Å². The van der Waals surface area contributed by atoms with Gasteiger partial charge in [0.25, 0.3) is 0 Å². The van der Waals surface area contributed by atoms with Gasteiger partial charge >= 0.3 is 5.97 Å². The summed E-state index contributed by atoms with van der Waals surface area (Å²) in [4.78, 5) is 40.1. The molecule has 2 saturated heterocycles. The number of carbonyl (C=O) groups is 3. The van der Waals surface area contributed by atoms with Crippen molar-refractivity contribution in [3.05, 3.63) is 89.5 Å². The Morgan fingerprint density at radius 2 is 1.52 bits per heavy atom. The summed E-state index contributed by atoms with van der Waals surface area (Å²) in [5.41, 5.74) is 9.84. The van der Waals surface area contributed by atoms with Gasteiger partial charge in [-0.05, 0) is 88.4 Å². The maximum Gasteiger partial charge on any atom is 0.323 e. The lowest BCUT2D eigenvalue weighted by molar-refractivity contribution is -0.253. The Hall–Kier alpha value is -4.29. The molecule has 2 aliphatic rings. The monoisotopic (exact) mass is 714 g/mol. The Bertz CT molecular complexity index is 1620. The summed E-state index contributed by atoms with van der Waals surface area (Å²) < 4.78 is 18.8. The molecule has 0 aromatic heterocycles. The number of anilines is 3. The number of ether oxygens (including phenoxy) is 3. The van der Waals surface area contributed by atoms with E-state index < -0.39 is 11.9 Å². The highest BCUT2D eigenvalue weighted by atomic mass is 16.7. The molecule has 11 heteroatoms. The molecule has 2 fully saturated rings. The molecule has 2 amide bonds. The molecule has 4 atom stereocenters. The van der Waals surface area contributed by atoms with Crippen molar-refractivity contribution in [3.63, 3.8) is 0 Å². The number of para-hydroxylation sites is 2. The average Bonchev–Trinajstić information content (AvgIpc) is 3.58. The molecule has 2 heterocycles. The van der Waals surface area contributed by atoms with E-state index in [2.05, 4.69) is 15.5 Å². The number of likely N-dealkylation sites (tertiary alicyclic amines) is 1. The van der Waals surface area contributed by atoms with E-state index in [1.165, 1.54) is 0 Å². The summed E-state index contributed by atoms with van der Waals surface area (Å²) in [6.45, 7) is 6.99. The maximum absolute atomic E-state index is 13.0. The van der Waals surface area contributed by atoms with E-state index in [9.17, 15) is 19.5 Å². The normalized spacial score (nSPS) is 20.7. The number of esters is 1. The first-order valence-corrected chi connectivity index (χ1v) is 18.5. The van der Waals surface area contributed by atoms with Crippen LogP contribution >= 0.6 is 0 Å². The topological polar surface area (TPSA) is 152 Å². The summed E-state index contributed by atoms with van der Waals surface area (Å²) in [5.74, 6) is -0.326. The van der Waals surface area contributed by atoms with E-state index in [-0.39, 0.29) is 42.6 Å². The van der Waals surface area contributed by atoms with Crippen molar-refractivity contribution in [2.45, 2.75) is 115 Å². The molecule has 3 aromatic rings. The lowest BCUT2D eigenvalue weighted by Crippen LogP contribution is -2.45. The quantitative estimate of drug-likeness (QED) is 0.0739. The number of carbonyl (C=O) groups excluding carboxylic acids is 3. The smallest absolute Gasteiger partial charge is 0.323 e. The highest BCUT2D eigenvalue weighted by Crippen LogP contribution is 2.39. The van der Waals surface area contributed by atoms with E-state index in [0.717, 1.165) is 61.8 Å². The molecule has 5 rings (SSSR count). The zero-order chi connectivity index (χ0) is 37.1. The van der Waals surface area contributed by atoms with Crippen molar-refractivity contribution in [1.29, 1.82) is 0 Å². The molecule has 52 heavy (non-hydrogen) atoms. The van der Waals surface area contributed by atoms with Gasteiger partial charge in [-0.15, -0.1) is 0 Å². The molecular formula is C41H54N4O7. The van der Waals surface area contributed by atoms with Crippen LogP contribution in [-0.2, 0) is 35.2 Å². The van der Waals surface area contributed by atoms with Crippen LogP contribution in [-0.4, -0.2) is 58.6 Å². The standard InChI is InChI=1S/C41H54N4O7/c1-41(2,3)52-39(49)35-13-10-24-45(35)26-32-25-36(29-18-16-28(27-46)17-19-29)51-40(50-32)30-20-22-31(23-21-30)43-37(47)14-6-4-5-7-15-38(48)44-34-12-9-8-11-33(34)42/h8-9,11-12,16-23,32,35-36,40,46H,4-7,10,13-15,24-27,42H2,1-3H3,(H,43,47)(H,44,48)/t32-,35+,36+,40+/m1/s1. The summed E-state index contributed by atoms with van der Waals surface area (Å²) >= 11 is 0. The molecule has 0 radical (unpaired) electrons. The van der Waals surface area contributed by atoms with Gasteiger partial charge in [0, 0.05) is 37.1 Å². The van der Waals surface area contributed by atoms with Crippen LogP contribution in [0.1, 0.15) is 108 Å². The van der Waals surface area contributed by atoms with Gasteiger partial charge in [-0.1, -0.05) is 61.4 Å². The van der Waals surface area contributed by atoms with Crippen molar-refractivity contribution in [2.75, 3.05) is 29.5 Å². The minimum Gasteiger partial charge on any atom is -0.459 e. The summed E-state index contributed by atoms with van der Waals surface area (Å²) in [6, 6.07) is 22.2. The Morgan fingerprint density at radius 1 is 0.865 bits per heavy atom. The summed E-state index contributed by atoms with van der Waals surface area (Å²) in [5, 5.41) is 15.4. The van der Waals surface area contributed by atoms with E-state index in [0.29, 0.717) is 42.9 Å². The van der Waals surface area contributed by atoms with Crippen molar-refractivity contribution in [2.24, 2.45) is 0 Å². The number of benzene rings is 3. The number of nitrogens with one attached hydrogen (secondary N) is 2. The van der Waals surface area contributed by atoms with Crippen molar-refractivity contribution < 1.29 is 33.7 Å². The van der Waals surface area contributed by atoms with Gasteiger partial charge < -0.3 is 35.7 Å². The van der Waals surface area contributed by atoms with Crippen LogP contribution < -0.4 is 16.4 Å². The van der Waals surface area contributed by atoms with Crippen LogP contribution in [0.4, 0.5) is 17.1 Å². The lowest BCUT2D eigenvalue weighted by atomic mass is 9.99. The van der Waals surface area contributed by atoms with Crippen LogP contribution in [0, 0.1) is 0 Å². The number of amides is 2. The zero-order valence-corrected chi connectivity index (χ0v) is 30.6. The van der Waals surface area contributed by atoms with Gasteiger partial charge in [0.05, 0.1) is 30.2 Å². The van der Waals surface area contributed by atoms with Gasteiger partial charge in [0.15, 0.2) is 6.29 Å². The fourth-order valence-corrected chi connectivity index (χ4v) is 6.67. The number of nitrogen functional groups attached to an aromatic ring is 1. The molecule has 0 saturated carbocycles. The third-order valence-electron chi connectivity index (χ3n) is 9.35. The van der Waals surface area contributed by atoms with E-state index >= 15 is 0 Å². The summed E-state index contributed by atoms with van der Waals surface area (Å²) in [6.07, 6.45) is 5.14. The molecule has 280 valence electrons. The SMILES string of the molecule is CC(C)(C)OC(=O)[C@@H]1CCCN1C[C@H]1C[C@@H](c2ccc(CO)cc2)O[C@@H](c2ccc(NC(=O)CCCCCCC(=O)Nc3ccccc3N)cc2)O1. The van der Waals surface area contributed by atoms with Crippen LogP contribution in [0.15, 0.2) is 72.8 Å². The Morgan fingerprint density at radius 3 is 2.17 bits per heavy atom. The lowest BCUT2D eigenvalue weighted by Gasteiger charge is -2.38. The molecule has 3 aromatic carbocycles. The third-order valence-corrected chi connectivity index (χ3v) is 9.35. The maximum atomic E-state index is 13.0. The number of hydrogen-bond donors (Lipinski definition) is 4. The largest absolute Gasteiger partial charge is 0.459 e. The molecule has 0 unspecified atom stereocenters. The van der Waals surface area contributed by atoms with Crippen molar-refractivity contribution >= 4 is 34.8 Å². The number of nitrogens with zero attached hydrogens (tertiary/aromatic N) is 1. The van der Waals surface area contributed by atoms with Crippen LogP contribution in [0.3, 0.4) is 0 Å². The van der Waals surface area contributed by atoms with E-state index in [4.69, 9.17) is 19.9 Å². The Labute approximate surface area is 307 Å². The fourth-order valence-electron chi connectivity index (χ4n) is 6.67. The van der Waals surface area contributed by atoms with Gasteiger partial charge in [-0.2, -0.15) is 0 Å². The van der Waals surface area contributed by atoms with E-state index in [1.807, 2.05) is 81.4 Å². The first-order chi connectivity index (χ1) is 25.0. The fraction of sp³-hybridized carbons (Fsp3) is 0.488. The molecule has 2 aliphatic heterocycles. The second-order valence-corrected chi connectivity index (χ2v) is 14.8. The molecule has 5 N–H and O–H groups in total. The summed E-state index contributed by atoms with van der Waals surface area (Å²) in [7, 11) is 0. The van der Waals surface area contributed by atoms with Gasteiger partial charge in [-0.25, -0.2) is 0 Å². The minimum atomic E-state index is -0.652. The predicted octanol–water partition coefficient (Wildman–Crippen LogP) is 7.03. The number of unbranched alkanes of at least 4 members (excludes halogenated alkanes) is 3. The molecule has 0 spiro atoms. The Balaban J connectivity index is 1.12. The van der Waals surface area contributed by atoms with Crippen molar-refractivity contribution in [3.8, 4) is 0 Å². The number of rotatable bonds is 15. The number of aliphatic hydroxyl groups excluding tert-OH is 1. The molecule has 0 bridgehead atoms. The van der Waals surface area contributed by atoms with Crippen LogP contribution in [0.5, 0.6) is 0 Å². The highest BCUT2D eigenvalue weighted by molar-refractivity contribution is 5.93. The van der Waals surface area contributed by atoms with Gasteiger partial charge in [-0.3, -0.25) is 19.3 Å².